The van der Waals surface area contributed by atoms with Crippen LogP contribution in [-0.4, -0.2) is 52.2 Å². The van der Waals surface area contributed by atoms with Gasteiger partial charge in [0.2, 0.25) is 0 Å². The number of carbonyl (C=O) groups is 1. The number of amides is 1. The number of para-hydroxylation sites is 1. The lowest BCUT2D eigenvalue weighted by molar-refractivity contribution is 0.112. The predicted molar refractivity (Wildman–Crippen MR) is 109 cm³/mol. The van der Waals surface area contributed by atoms with Gasteiger partial charge in [0, 0.05) is 29.8 Å². The molecule has 0 saturated carbocycles. The van der Waals surface area contributed by atoms with Gasteiger partial charge in [-0.1, -0.05) is 29.8 Å². The average molecular weight is 402 g/mol. The Labute approximate surface area is 167 Å². The second-order valence-corrected chi connectivity index (χ2v) is 8.75. The Morgan fingerprint density at radius 3 is 2.89 bits per heavy atom. The van der Waals surface area contributed by atoms with Crippen molar-refractivity contribution in [2.75, 3.05) is 24.5 Å². The van der Waals surface area contributed by atoms with E-state index in [0.717, 1.165) is 18.7 Å². The molecular formula is C20H20ClN3O2S. The Morgan fingerprint density at radius 2 is 2.11 bits per heavy atom. The van der Waals surface area contributed by atoms with Crippen molar-refractivity contribution in [1.82, 2.24) is 9.80 Å². The minimum absolute atomic E-state index is 0.167. The summed E-state index contributed by atoms with van der Waals surface area (Å²) in [7, 11) is 0. The fourth-order valence-electron chi connectivity index (χ4n) is 4.45. The highest BCUT2D eigenvalue weighted by Crippen LogP contribution is 2.53. The van der Waals surface area contributed by atoms with E-state index in [0.29, 0.717) is 18.1 Å². The molecular weight excluding hydrogens is 382 g/mol. The number of carboxylic acid groups (broad SMARTS) is 1. The second kappa shape index (κ2) is 6.33. The number of nitrogens with zero attached hydrogens (tertiary/aromatic N) is 3. The first-order valence-corrected chi connectivity index (χ1v) is 10.4. The first kappa shape index (κ1) is 17.2. The van der Waals surface area contributed by atoms with Gasteiger partial charge in [-0.05, 0) is 36.6 Å². The second-order valence-electron chi connectivity index (χ2n) is 7.25. The minimum atomic E-state index is -0.857. The van der Waals surface area contributed by atoms with Crippen molar-refractivity contribution >= 4 is 35.1 Å². The van der Waals surface area contributed by atoms with E-state index in [-0.39, 0.29) is 11.5 Å². The molecule has 4 aliphatic rings. The summed E-state index contributed by atoms with van der Waals surface area (Å²) in [4.78, 5) is 19.2. The highest BCUT2D eigenvalue weighted by atomic mass is 35.5. The molecule has 1 aliphatic carbocycles. The number of halogens is 1. The largest absolute Gasteiger partial charge is 0.465 e. The molecule has 0 radical (unpaired) electrons. The summed E-state index contributed by atoms with van der Waals surface area (Å²) in [6.45, 7) is 4.04. The van der Waals surface area contributed by atoms with E-state index in [1.54, 1.807) is 4.90 Å². The molecule has 0 aromatic heterocycles. The SMILES string of the molecule is CC1=CCC2=C1SC1C2=CN(c2ccccc2Cl)CC2N(C(=O)O)CCN12. The number of hydrogen-bond donors (Lipinski definition) is 1. The summed E-state index contributed by atoms with van der Waals surface area (Å²) in [6, 6.07) is 7.77. The van der Waals surface area contributed by atoms with Crippen molar-refractivity contribution < 1.29 is 9.90 Å². The van der Waals surface area contributed by atoms with Crippen molar-refractivity contribution in [2.24, 2.45) is 0 Å². The third kappa shape index (κ3) is 2.62. The molecule has 3 heterocycles. The quantitative estimate of drug-likeness (QED) is 0.758. The first-order chi connectivity index (χ1) is 13.0. The van der Waals surface area contributed by atoms with Crippen molar-refractivity contribution in [1.29, 1.82) is 0 Å². The van der Waals surface area contributed by atoms with Crippen molar-refractivity contribution in [3.8, 4) is 0 Å². The zero-order valence-electron chi connectivity index (χ0n) is 14.9. The number of rotatable bonds is 1. The molecule has 0 bridgehead atoms. The number of allylic oxidation sites excluding steroid dienone is 2. The average Bonchev–Trinajstić information content (AvgIpc) is 3.28. The van der Waals surface area contributed by atoms with Crippen LogP contribution in [0.25, 0.3) is 0 Å². The molecule has 27 heavy (non-hydrogen) atoms. The van der Waals surface area contributed by atoms with Gasteiger partial charge in [-0.25, -0.2) is 4.79 Å². The van der Waals surface area contributed by atoms with Crippen LogP contribution in [0.2, 0.25) is 5.02 Å². The van der Waals surface area contributed by atoms with Crippen LogP contribution < -0.4 is 4.90 Å². The van der Waals surface area contributed by atoms with E-state index < -0.39 is 6.09 Å². The monoisotopic (exact) mass is 401 g/mol. The predicted octanol–water partition coefficient (Wildman–Crippen LogP) is 4.34. The van der Waals surface area contributed by atoms with Crippen LogP contribution in [0.5, 0.6) is 0 Å². The van der Waals surface area contributed by atoms with E-state index in [2.05, 4.69) is 29.0 Å². The van der Waals surface area contributed by atoms with Gasteiger partial charge < -0.3 is 10.0 Å². The smallest absolute Gasteiger partial charge is 0.408 e. The molecule has 1 aromatic carbocycles. The number of benzene rings is 1. The summed E-state index contributed by atoms with van der Waals surface area (Å²) in [5, 5.41) is 10.6. The maximum atomic E-state index is 11.8. The molecule has 1 fully saturated rings. The standard InChI is InChI=1S/C20H20ClN3O2S/c1-12-6-7-13-14-10-22(16-5-3-2-4-15(16)21)11-17-23(19(14)27-18(12)13)8-9-24(17)20(25)26/h2-6,10,17,19H,7-9,11H2,1H3,(H,25,26). The number of hydrogen-bond acceptors (Lipinski definition) is 4. The van der Waals surface area contributed by atoms with Crippen LogP contribution in [0.4, 0.5) is 10.5 Å². The molecule has 2 unspecified atom stereocenters. The van der Waals surface area contributed by atoms with Crippen molar-refractivity contribution in [3.05, 3.63) is 63.2 Å². The van der Waals surface area contributed by atoms with E-state index in [4.69, 9.17) is 11.6 Å². The Kier molecular flexibility index (Phi) is 4.04. The van der Waals surface area contributed by atoms with Gasteiger partial charge in [0.25, 0.3) is 0 Å². The topological polar surface area (TPSA) is 47.0 Å². The van der Waals surface area contributed by atoms with Crippen LogP contribution in [0.1, 0.15) is 13.3 Å². The van der Waals surface area contributed by atoms with E-state index >= 15 is 0 Å². The highest BCUT2D eigenvalue weighted by Gasteiger charge is 2.47. The molecule has 1 aromatic rings. The Morgan fingerprint density at radius 1 is 1.30 bits per heavy atom. The summed E-state index contributed by atoms with van der Waals surface area (Å²) < 4.78 is 0. The van der Waals surface area contributed by atoms with E-state index in [1.165, 1.54) is 21.6 Å². The van der Waals surface area contributed by atoms with Crippen molar-refractivity contribution in [3.63, 3.8) is 0 Å². The number of fused-ring (bicyclic) bond motifs is 4. The van der Waals surface area contributed by atoms with Gasteiger partial charge in [0.15, 0.2) is 0 Å². The van der Waals surface area contributed by atoms with Gasteiger partial charge in [-0.2, -0.15) is 0 Å². The van der Waals surface area contributed by atoms with Gasteiger partial charge >= 0.3 is 6.09 Å². The zero-order valence-corrected chi connectivity index (χ0v) is 16.5. The van der Waals surface area contributed by atoms with E-state index in [9.17, 15) is 9.90 Å². The van der Waals surface area contributed by atoms with Gasteiger partial charge in [-0.3, -0.25) is 9.80 Å². The Balaban J connectivity index is 1.62. The molecule has 3 aliphatic heterocycles. The van der Waals surface area contributed by atoms with Crippen LogP contribution in [0.3, 0.4) is 0 Å². The van der Waals surface area contributed by atoms with Crippen LogP contribution in [0, 0.1) is 0 Å². The summed E-state index contributed by atoms with van der Waals surface area (Å²) in [5.74, 6) is 0. The molecule has 5 rings (SSSR count). The molecule has 5 nitrogen and oxygen atoms in total. The Hall–Kier alpha value is -1.89. The van der Waals surface area contributed by atoms with Gasteiger partial charge in [0.05, 0.1) is 22.6 Å². The lowest BCUT2D eigenvalue weighted by atomic mass is 10.1. The molecule has 1 saturated heterocycles. The number of anilines is 1. The summed E-state index contributed by atoms with van der Waals surface area (Å²) in [6.07, 6.45) is 4.39. The normalized spacial score (nSPS) is 27.2. The van der Waals surface area contributed by atoms with E-state index in [1.807, 2.05) is 36.0 Å². The van der Waals surface area contributed by atoms with Crippen molar-refractivity contribution in [2.45, 2.75) is 24.9 Å². The molecule has 140 valence electrons. The fraction of sp³-hybridized carbons (Fsp3) is 0.350. The highest BCUT2D eigenvalue weighted by molar-refractivity contribution is 8.04. The fourth-order valence-corrected chi connectivity index (χ4v) is 6.24. The first-order valence-electron chi connectivity index (χ1n) is 9.10. The third-order valence-corrected chi connectivity index (χ3v) is 7.67. The molecule has 1 amide bonds. The molecule has 2 atom stereocenters. The zero-order chi connectivity index (χ0) is 18.7. The third-order valence-electron chi connectivity index (χ3n) is 5.79. The minimum Gasteiger partial charge on any atom is -0.465 e. The molecule has 0 spiro atoms. The maximum Gasteiger partial charge on any atom is 0.408 e. The van der Waals surface area contributed by atoms with Crippen LogP contribution >= 0.6 is 23.4 Å². The molecule has 1 N–H and O–H groups in total. The Bertz CT molecular complexity index is 926. The van der Waals surface area contributed by atoms with Gasteiger partial charge in [-0.15, -0.1) is 11.8 Å². The summed E-state index contributed by atoms with van der Waals surface area (Å²) in [5.41, 5.74) is 4.93. The maximum absolute atomic E-state index is 11.8. The van der Waals surface area contributed by atoms with Crippen LogP contribution in [-0.2, 0) is 0 Å². The lowest BCUT2D eigenvalue weighted by Crippen LogP contribution is -2.48. The van der Waals surface area contributed by atoms with Gasteiger partial charge in [0.1, 0.15) is 6.17 Å². The summed E-state index contributed by atoms with van der Waals surface area (Å²) >= 11 is 8.36. The van der Waals surface area contributed by atoms with Crippen LogP contribution in [0.15, 0.2) is 58.2 Å². The lowest BCUT2D eigenvalue weighted by Gasteiger charge is -2.33. The number of thioether (sulfide) groups is 1. The molecule has 7 heteroatoms.